The Kier molecular flexibility index (Phi) is 12.0. The molecule has 1 fully saturated rings. The second-order valence-corrected chi connectivity index (χ2v) is 10.5. The Morgan fingerprint density at radius 1 is 1.12 bits per heavy atom. The molecule has 1 heterocycles. The third-order valence-corrected chi connectivity index (χ3v) is 5.82. The molecular weight excluding hydrogens is 549 g/mol. The van der Waals surface area contributed by atoms with Gasteiger partial charge in [-0.15, -0.1) is 0 Å². The van der Waals surface area contributed by atoms with E-state index in [0.717, 1.165) is 6.08 Å². The van der Waals surface area contributed by atoms with Crippen LogP contribution in [0.15, 0.2) is 30.6 Å². The summed E-state index contributed by atoms with van der Waals surface area (Å²) in [7, 11) is 0. The number of carbonyl (C=O) groups is 3. The summed E-state index contributed by atoms with van der Waals surface area (Å²) >= 11 is 0. The first-order chi connectivity index (χ1) is 19.0. The molecule has 1 aliphatic heterocycles. The number of aliphatic hydroxyl groups excluding tert-OH is 3. The van der Waals surface area contributed by atoms with Crippen molar-refractivity contribution in [2.24, 2.45) is 5.73 Å². The maximum atomic E-state index is 13.4. The second kappa shape index (κ2) is 14.5. The van der Waals surface area contributed by atoms with Crippen molar-refractivity contribution in [3.05, 3.63) is 41.7 Å². The predicted octanol–water partition coefficient (Wildman–Crippen LogP) is 0.277. The van der Waals surface area contributed by atoms with Crippen LogP contribution < -0.4 is 21.1 Å². The molecule has 0 bridgehead atoms. The van der Waals surface area contributed by atoms with Crippen molar-refractivity contribution in [1.29, 1.82) is 0 Å². The fourth-order valence-corrected chi connectivity index (χ4v) is 3.61. The van der Waals surface area contributed by atoms with Crippen LogP contribution in [0.2, 0.25) is 0 Å². The SMILES string of the molecule is CC(C)(CCOC(C)(C)N)NC(=O)c1cc(COC(=O)NC/C=C/F)ccc1OC1OC(C(=O)O)[C@@H](O)C(O)[C@H]1O. The summed E-state index contributed by atoms with van der Waals surface area (Å²) in [5.41, 5.74) is 4.38. The van der Waals surface area contributed by atoms with Crippen LogP contribution in [-0.2, 0) is 25.6 Å². The smallest absolute Gasteiger partial charge is 0.407 e. The van der Waals surface area contributed by atoms with E-state index in [1.165, 1.54) is 18.2 Å². The van der Waals surface area contributed by atoms with Gasteiger partial charge in [0.05, 0.1) is 18.5 Å². The molecule has 5 atom stereocenters. The van der Waals surface area contributed by atoms with Crippen LogP contribution in [0.4, 0.5) is 9.18 Å². The number of aliphatic hydroxyl groups is 3. The number of carbonyl (C=O) groups excluding carboxylic acids is 2. The van der Waals surface area contributed by atoms with Gasteiger partial charge in [0, 0.05) is 12.1 Å². The van der Waals surface area contributed by atoms with Gasteiger partial charge in [0.1, 0.15) is 36.4 Å². The van der Waals surface area contributed by atoms with Gasteiger partial charge in [-0.25, -0.2) is 14.0 Å². The monoisotopic (exact) mass is 587 g/mol. The van der Waals surface area contributed by atoms with Gasteiger partial charge in [-0.05, 0) is 57.9 Å². The van der Waals surface area contributed by atoms with Gasteiger partial charge in [-0.1, -0.05) is 6.07 Å². The van der Waals surface area contributed by atoms with E-state index in [1.807, 2.05) is 0 Å². The van der Waals surface area contributed by atoms with Crippen LogP contribution in [0.3, 0.4) is 0 Å². The quantitative estimate of drug-likeness (QED) is 0.155. The lowest BCUT2D eigenvalue weighted by Crippen LogP contribution is -2.61. The summed E-state index contributed by atoms with van der Waals surface area (Å²) in [5.74, 6) is -2.43. The van der Waals surface area contributed by atoms with Gasteiger partial charge in [0.15, 0.2) is 6.10 Å². The highest BCUT2D eigenvalue weighted by Gasteiger charge is 2.48. The first kappa shape index (κ1) is 33.9. The molecule has 0 spiro atoms. The zero-order valence-electron chi connectivity index (χ0n) is 23.2. The van der Waals surface area contributed by atoms with E-state index in [1.54, 1.807) is 27.7 Å². The summed E-state index contributed by atoms with van der Waals surface area (Å²) in [5, 5.41) is 44.9. The number of alkyl carbamates (subject to hydrolysis) is 1. The fourth-order valence-electron chi connectivity index (χ4n) is 3.61. The van der Waals surface area contributed by atoms with Crippen molar-refractivity contribution in [2.75, 3.05) is 13.2 Å². The average Bonchev–Trinajstić information content (AvgIpc) is 2.86. The minimum absolute atomic E-state index is 0.0997. The number of amides is 2. The average molecular weight is 588 g/mol. The van der Waals surface area contributed by atoms with Crippen molar-refractivity contribution in [1.82, 2.24) is 10.6 Å². The molecule has 1 saturated heterocycles. The summed E-state index contributed by atoms with van der Waals surface area (Å²) in [6, 6.07) is 4.07. The summed E-state index contributed by atoms with van der Waals surface area (Å²) in [6.07, 6.45) is -8.57. The van der Waals surface area contributed by atoms with Gasteiger partial charge < -0.3 is 55.7 Å². The van der Waals surface area contributed by atoms with Crippen molar-refractivity contribution in [2.45, 2.75) is 82.7 Å². The van der Waals surface area contributed by atoms with Crippen LogP contribution in [-0.4, -0.2) is 93.5 Å². The van der Waals surface area contributed by atoms with Gasteiger partial charge in [-0.3, -0.25) is 4.79 Å². The normalized spacial score (nSPS) is 23.2. The minimum Gasteiger partial charge on any atom is -0.479 e. The number of halogens is 1. The number of nitrogens with two attached hydrogens (primary N) is 1. The number of ether oxygens (including phenoxy) is 4. The van der Waals surface area contributed by atoms with Crippen LogP contribution in [0.5, 0.6) is 5.75 Å². The maximum Gasteiger partial charge on any atom is 0.407 e. The lowest BCUT2D eigenvalue weighted by molar-refractivity contribution is -0.271. The molecule has 1 aromatic carbocycles. The van der Waals surface area contributed by atoms with Crippen molar-refractivity contribution in [3.63, 3.8) is 0 Å². The van der Waals surface area contributed by atoms with E-state index >= 15 is 0 Å². The number of rotatable bonds is 13. The molecule has 0 saturated carbocycles. The number of carboxylic acids is 1. The third kappa shape index (κ3) is 10.5. The molecule has 41 heavy (non-hydrogen) atoms. The van der Waals surface area contributed by atoms with Crippen LogP contribution in [0.1, 0.15) is 50.0 Å². The number of carboxylic acid groups (broad SMARTS) is 1. The summed E-state index contributed by atoms with van der Waals surface area (Å²) < 4.78 is 33.5. The lowest BCUT2D eigenvalue weighted by atomic mass is 9.98. The maximum absolute atomic E-state index is 13.4. The van der Waals surface area contributed by atoms with E-state index in [-0.39, 0.29) is 37.4 Å². The summed E-state index contributed by atoms with van der Waals surface area (Å²) in [4.78, 5) is 36.7. The van der Waals surface area contributed by atoms with E-state index < -0.39 is 59.9 Å². The lowest BCUT2D eigenvalue weighted by Gasteiger charge is -2.38. The standard InChI is InChI=1S/C26H38FN3O11/c1-25(2,8-11-39-26(3,4)28)30-21(34)15-12-14(13-38-24(37)29-10-5-9-27)6-7-16(15)40-23-19(33)17(31)18(32)20(41-23)22(35)36/h5-7,9,12,17-20,23,31-33H,8,10-11,13,28H2,1-4H3,(H,29,37)(H,30,34)(H,35,36)/b9-5+/t17?,18-,19+,20?,23?/m0/s1. The topological polar surface area (TPSA) is 219 Å². The van der Waals surface area contributed by atoms with Crippen LogP contribution >= 0.6 is 0 Å². The molecular formula is C26H38FN3O11. The molecule has 1 aromatic rings. The molecule has 0 aromatic heterocycles. The Morgan fingerprint density at radius 3 is 2.41 bits per heavy atom. The molecule has 14 nitrogen and oxygen atoms in total. The molecule has 15 heteroatoms. The molecule has 8 N–H and O–H groups in total. The molecule has 0 aliphatic carbocycles. The Morgan fingerprint density at radius 2 is 1.80 bits per heavy atom. The van der Waals surface area contributed by atoms with E-state index in [0.29, 0.717) is 12.0 Å². The number of hydrogen-bond donors (Lipinski definition) is 7. The zero-order chi connectivity index (χ0) is 31.0. The first-order valence-corrected chi connectivity index (χ1v) is 12.7. The number of benzene rings is 1. The van der Waals surface area contributed by atoms with Gasteiger partial charge in [0.2, 0.25) is 6.29 Å². The Bertz CT molecular complexity index is 1090. The van der Waals surface area contributed by atoms with Gasteiger partial charge in [0.25, 0.3) is 5.91 Å². The van der Waals surface area contributed by atoms with Crippen molar-refractivity contribution in [3.8, 4) is 5.75 Å². The molecule has 230 valence electrons. The Balaban J connectivity index is 2.30. The Labute approximate surface area is 236 Å². The number of nitrogens with one attached hydrogen (secondary N) is 2. The molecule has 2 rings (SSSR count). The minimum atomic E-state index is -1.93. The van der Waals surface area contributed by atoms with E-state index in [9.17, 15) is 39.2 Å². The van der Waals surface area contributed by atoms with Crippen molar-refractivity contribution < 1.29 is 58.1 Å². The second-order valence-electron chi connectivity index (χ2n) is 10.5. The van der Waals surface area contributed by atoms with Gasteiger partial charge in [-0.2, -0.15) is 0 Å². The highest BCUT2D eigenvalue weighted by atomic mass is 19.1. The molecule has 3 unspecified atom stereocenters. The largest absolute Gasteiger partial charge is 0.479 e. The summed E-state index contributed by atoms with van der Waals surface area (Å²) in [6.45, 7) is 6.68. The predicted molar refractivity (Wildman–Crippen MR) is 140 cm³/mol. The molecule has 2 amide bonds. The molecule has 0 radical (unpaired) electrons. The zero-order valence-corrected chi connectivity index (χ0v) is 23.2. The number of aliphatic carboxylic acids is 1. The fraction of sp³-hybridized carbons (Fsp3) is 0.577. The third-order valence-electron chi connectivity index (χ3n) is 5.82. The van der Waals surface area contributed by atoms with Crippen LogP contribution in [0, 0.1) is 0 Å². The van der Waals surface area contributed by atoms with Crippen LogP contribution in [0.25, 0.3) is 0 Å². The first-order valence-electron chi connectivity index (χ1n) is 12.7. The molecule has 1 aliphatic rings. The van der Waals surface area contributed by atoms with E-state index in [2.05, 4.69) is 10.6 Å². The highest BCUT2D eigenvalue weighted by Crippen LogP contribution is 2.28. The van der Waals surface area contributed by atoms with E-state index in [4.69, 9.17) is 24.7 Å². The number of hydrogen-bond acceptors (Lipinski definition) is 11. The van der Waals surface area contributed by atoms with Crippen molar-refractivity contribution >= 4 is 18.0 Å². The Hall–Kier alpha value is -3.34. The van der Waals surface area contributed by atoms with Gasteiger partial charge >= 0.3 is 12.1 Å². The highest BCUT2D eigenvalue weighted by molar-refractivity contribution is 5.97.